The number of nitrogens with one attached hydrogen (secondary N) is 1. The summed E-state index contributed by atoms with van der Waals surface area (Å²) < 4.78 is 5.12. The molecule has 0 saturated carbocycles. The number of ether oxygens (including phenoxy) is 1. The van der Waals surface area contributed by atoms with E-state index in [2.05, 4.69) is 19.2 Å². The van der Waals surface area contributed by atoms with Gasteiger partial charge in [0.1, 0.15) is 6.04 Å². The summed E-state index contributed by atoms with van der Waals surface area (Å²) in [7, 11) is 0. The van der Waals surface area contributed by atoms with Crippen molar-refractivity contribution in [2.24, 2.45) is 5.92 Å². The van der Waals surface area contributed by atoms with Crippen molar-refractivity contribution in [2.45, 2.75) is 33.2 Å². The molecule has 0 aromatic heterocycles. The SMILES string of the molecule is CCOC(=O)C(NCC(C)CC)c1ccccc1. The molecule has 0 fully saturated rings. The van der Waals surface area contributed by atoms with Gasteiger partial charge in [-0.3, -0.25) is 0 Å². The lowest BCUT2D eigenvalue weighted by Gasteiger charge is -2.19. The minimum atomic E-state index is -0.361. The summed E-state index contributed by atoms with van der Waals surface area (Å²) in [5.41, 5.74) is 0.958. The minimum Gasteiger partial charge on any atom is -0.465 e. The average molecular weight is 249 g/mol. The number of rotatable bonds is 7. The van der Waals surface area contributed by atoms with Gasteiger partial charge in [0.05, 0.1) is 6.61 Å². The molecule has 0 spiro atoms. The summed E-state index contributed by atoms with van der Waals surface area (Å²) in [6.07, 6.45) is 1.09. The Morgan fingerprint density at radius 2 is 1.94 bits per heavy atom. The maximum atomic E-state index is 12.0. The van der Waals surface area contributed by atoms with Gasteiger partial charge in [0, 0.05) is 0 Å². The van der Waals surface area contributed by atoms with Crippen molar-refractivity contribution < 1.29 is 9.53 Å². The van der Waals surface area contributed by atoms with E-state index in [1.54, 1.807) is 0 Å². The van der Waals surface area contributed by atoms with Crippen molar-refractivity contribution in [1.29, 1.82) is 0 Å². The molecule has 0 bridgehead atoms. The molecule has 0 aliphatic carbocycles. The van der Waals surface area contributed by atoms with Crippen LogP contribution in [0, 0.1) is 5.92 Å². The molecule has 3 nitrogen and oxygen atoms in total. The maximum absolute atomic E-state index is 12.0. The van der Waals surface area contributed by atoms with Crippen molar-refractivity contribution in [3.63, 3.8) is 0 Å². The number of hydrogen-bond acceptors (Lipinski definition) is 3. The first-order valence-electron chi connectivity index (χ1n) is 6.64. The molecule has 3 heteroatoms. The average Bonchev–Trinajstić information content (AvgIpc) is 2.40. The predicted octanol–water partition coefficient (Wildman–Crippen LogP) is 2.93. The molecule has 1 N–H and O–H groups in total. The second-order valence-electron chi connectivity index (χ2n) is 4.52. The van der Waals surface area contributed by atoms with E-state index in [4.69, 9.17) is 4.74 Å². The van der Waals surface area contributed by atoms with Crippen molar-refractivity contribution >= 4 is 5.97 Å². The molecule has 0 saturated heterocycles. The highest BCUT2D eigenvalue weighted by Gasteiger charge is 2.21. The van der Waals surface area contributed by atoms with Gasteiger partial charge in [-0.15, -0.1) is 0 Å². The predicted molar refractivity (Wildman–Crippen MR) is 73.3 cm³/mol. The Bertz CT molecular complexity index is 351. The van der Waals surface area contributed by atoms with Crippen LogP contribution in [0.5, 0.6) is 0 Å². The summed E-state index contributed by atoms with van der Waals surface area (Å²) >= 11 is 0. The number of carbonyl (C=O) groups is 1. The van der Waals surface area contributed by atoms with Crippen LogP contribution in [0.3, 0.4) is 0 Å². The van der Waals surface area contributed by atoms with Gasteiger partial charge in [-0.1, -0.05) is 50.6 Å². The van der Waals surface area contributed by atoms with Crippen LogP contribution in [0.2, 0.25) is 0 Å². The third-order valence-corrected chi connectivity index (χ3v) is 3.02. The van der Waals surface area contributed by atoms with E-state index < -0.39 is 0 Å². The van der Waals surface area contributed by atoms with Crippen LogP contribution >= 0.6 is 0 Å². The van der Waals surface area contributed by atoms with E-state index in [9.17, 15) is 4.79 Å². The molecule has 0 aliphatic rings. The highest BCUT2D eigenvalue weighted by molar-refractivity contribution is 5.77. The summed E-state index contributed by atoms with van der Waals surface area (Å²) in [6, 6.07) is 9.36. The lowest BCUT2D eigenvalue weighted by molar-refractivity contribution is -0.145. The maximum Gasteiger partial charge on any atom is 0.327 e. The Balaban J connectivity index is 2.72. The largest absolute Gasteiger partial charge is 0.465 e. The highest BCUT2D eigenvalue weighted by atomic mass is 16.5. The highest BCUT2D eigenvalue weighted by Crippen LogP contribution is 2.15. The van der Waals surface area contributed by atoms with Gasteiger partial charge >= 0.3 is 5.97 Å². The third kappa shape index (κ3) is 4.49. The zero-order chi connectivity index (χ0) is 13.4. The number of hydrogen-bond donors (Lipinski definition) is 1. The normalized spacial score (nSPS) is 13.9. The van der Waals surface area contributed by atoms with E-state index in [0.717, 1.165) is 18.5 Å². The molecule has 0 aliphatic heterocycles. The molecular formula is C15H23NO2. The zero-order valence-electron chi connectivity index (χ0n) is 11.5. The molecule has 0 heterocycles. The summed E-state index contributed by atoms with van der Waals surface area (Å²) in [6.45, 7) is 7.37. The van der Waals surface area contributed by atoms with E-state index >= 15 is 0 Å². The monoisotopic (exact) mass is 249 g/mol. The first kappa shape index (κ1) is 14.7. The van der Waals surface area contributed by atoms with Gasteiger partial charge in [-0.05, 0) is 24.9 Å². The van der Waals surface area contributed by atoms with E-state index in [-0.39, 0.29) is 12.0 Å². The van der Waals surface area contributed by atoms with Gasteiger partial charge in [0.2, 0.25) is 0 Å². The fraction of sp³-hybridized carbons (Fsp3) is 0.533. The Kier molecular flexibility index (Phi) is 6.44. The van der Waals surface area contributed by atoms with Crippen LogP contribution < -0.4 is 5.32 Å². The molecule has 18 heavy (non-hydrogen) atoms. The van der Waals surface area contributed by atoms with Crippen molar-refractivity contribution in [2.75, 3.05) is 13.2 Å². The fourth-order valence-electron chi connectivity index (χ4n) is 1.67. The van der Waals surface area contributed by atoms with Gasteiger partial charge in [0.15, 0.2) is 0 Å². The van der Waals surface area contributed by atoms with Gasteiger partial charge < -0.3 is 10.1 Å². The van der Waals surface area contributed by atoms with Crippen LogP contribution in [0.4, 0.5) is 0 Å². The zero-order valence-corrected chi connectivity index (χ0v) is 11.5. The molecule has 100 valence electrons. The van der Waals surface area contributed by atoms with E-state index in [1.165, 1.54) is 0 Å². The van der Waals surface area contributed by atoms with Gasteiger partial charge in [-0.25, -0.2) is 4.79 Å². The molecule has 1 aromatic rings. The summed E-state index contributed by atoms with van der Waals surface area (Å²) in [5, 5.41) is 3.30. The molecule has 2 atom stereocenters. The number of esters is 1. The molecule has 2 unspecified atom stereocenters. The fourth-order valence-corrected chi connectivity index (χ4v) is 1.67. The van der Waals surface area contributed by atoms with Gasteiger partial charge in [0.25, 0.3) is 0 Å². The topological polar surface area (TPSA) is 38.3 Å². The lowest BCUT2D eigenvalue weighted by atomic mass is 10.0. The lowest BCUT2D eigenvalue weighted by Crippen LogP contribution is -2.33. The Morgan fingerprint density at radius 1 is 1.28 bits per heavy atom. The van der Waals surface area contributed by atoms with Crippen molar-refractivity contribution in [3.05, 3.63) is 35.9 Å². The molecule has 1 rings (SSSR count). The van der Waals surface area contributed by atoms with E-state index in [1.807, 2.05) is 37.3 Å². The third-order valence-electron chi connectivity index (χ3n) is 3.02. The molecule has 0 radical (unpaired) electrons. The summed E-state index contributed by atoms with van der Waals surface area (Å²) in [4.78, 5) is 12.0. The summed E-state index contributed by atoms with van der Waals surface area (Å²) in [5.74, 6) is 0.345. The van der Waals surface area contributed by atoms with Gasteiger partial charge in [-0.2, -0.15) is 0 Å². The number of carbonyl (C=O) groups excluding carboxylic acids is 1. The van der Waals surface area contributed by atoms with Crippen LogP contribution in [0.1, 0.15) is 38.8 Å². The van der Waals surface area contributed by atoms with E-state index in [0.29, 0.717) is 12.5 Å². The van der Waals surface area contributed by atoms with Crippen LogP contribution in [-0.2, 0) is 9.53 Å². The Hall–Kier alpha value is -1.35. The Labute approximate surface area is 110 Å². The Morgan fingerprint density at radius 3 is 2.50 bits per heavy atom. The smallest absolute Gasteiger partial charge is 0.327 e. The first-order chi connectivity index (χ1) is 8.69. The first-order valence-corrected chi connectivity index (χ1v) is 6.64. The minimum absolute atomic E-state index is 0.202. The molecular weight excluding hydrogens is 226 g/mol. The van der Waals surface area contributed by atoms with Crippen LogP contribution in [-0.4, -0.2) is 19.1 Å². The number of benzene rings is 1. The van der Waals surface area contributed by atoms with Crippen molar-refractivity contribution in [3.8, 4) is 0 Å². The van der Waals surface area contributed by atoms with Crippen LogP contribution in [0.15, 0.2) is 30.3 Å². The molecule has 0 amide bonds. The second-order valence-corrected chi connectivity index (χ2v) is 4.52. The second kappa shape index (κ2) is 7.88. The van der Waals surface area contributed by atoms with Crippen LogP contribution in [0.25, 0.3) is 0 Å². The quantitative estimate of drug-likeness (QED) is 0.755. The standard InChI is InChI=1S/C15H23NO2/c1-4-12(3)11-16-14(15(17)18-5-2)13-9-7-6-8-10-13/h6-10,12,14,16H,4-5,11H2,1-3H3. The molecule has 1 aromatic carbocycles. The van der Waals surface area contributed by atoms with Crippen molar-refractivity contribution in [1.82, 2.24) is 5.32 Å².